The van der Waals surface area contributed by atoms with Crippen molar-refractivity contribution in [1.29, 1.82) is 0 Å². The van der Waals surface area contributed by atoms with Crippen molar-refractivity contribution in [3.05, 3.63) is 102 Å². The van der Waals surface area contributed by atoms with E-state index in [1.165, 1.54) is 12.1 Å². The highest BCUT2D eigenvalue weighted by molar-refractivity contribution is 7.92. The number of fused-ring (bicyclic) bond motifs is 2. The standard InChI is InChI=1S/C28H26FN3O3S/c29-23-12-14-26-27(31-35-28(26)18-23)10-3-4-15-30-19-20-6-5-9-24(16-20)32-36(33,34)25-13-11-21-7-1-2-8-22(21)17-25/h1-2,5-9,11-14,16-18,30,32H,3-4,10,15,19H2. The van der Waals surface area contributed by atoms with Crippen LogP contribution >= 0.6 is 0 Å². The molecular formula is C28H26FN3O3S. The summed E-state index contributed by atoms with van der Waals surface area (Å²) in [5.74, 6) is -0.333. The fourth-order valence-electron chi connectivity index (χ4n) is 4.21. The van der Waals surface area contributed by atoms with Gasteiger partial charge in [0.15, 0.2) is 5.58 Å². The van der Waals surface area contributed by atoms with Crippen LogP contribution in [-0.2, 0) is 23.0 Å². The molecule has 4 aromatic carbocycles. The van der Waals surface area contributed by atoms with Crippen LogP contribution in [0.5, 0.6) is 0 Å². The number of halogens is 1. The molecule has 1 heterocycles. The lowest BCUT2D eigenvalue weighted by Gasteiger charge is -2.11. The molecule has 184 valence electrons. The van der Waals surface area contributed by atoms with Gasteiger partial charge in [-0.1, -0.05) is 47.6 Å². The maximum absolute atomic E-state index is 13.3. The van der Waals surface area contributed by atoms with Gasteiger partial charge >= 0.3 is 0 Å². The Bertz CT molecular complexity index is 1620. The Morgan fingerprint density at radius 3 is 2.61 bits per heavy atom. The molecule has 0 spiro atoms. The molecule has 1 aromatic heterocycles. The van der Waals surface area contributed by atoms with Gasteiger partial charge in [-0.15, -0.1) is 0 Å². The smallest absolute Gasteiger partial charge is 0.261 e. The van der Waals surface area contributed by atoms with Crippen LogP contribution in [0.4, 0.5) is 10.1 Å². The number of hydrogen-bond donors (Lipinski definition) is 2. The second kappa shape index (κ2) is 10.5. The Morgan fingerprint density at radius 1 is 0.861 bits per heavy atom. The molecular weight excluding hydrogens is 477 g/mol. The first kappa shape index (κ1) is 24.0. The van der Waals surface area contributed by atoms with Crippen LogP contribution in [-0.4, -0.2) is 20.1 Å². The highest BCUT2D eigenvalue weighted by Gasteiger charge is 2.15. The number of nitrogens with zero attached hydrogens (tertiary/aromatic N) is 1. The Kier molecular flexibility index (Phi) is 6.97. The van der Waals surface area contributed by atoms with Gasteiger partial charge in [0.05, 0.1) is 10.6 Å². The lowest BCUT2D eigenvalue weighted by Crippen LogP contribution is -2.16. The third kappa shape index (κ3) is 5.56. The number of aryl methyl sites for hydroxylation is 1. The van der Waals surface area contributed by atoms with Crippen molar-refractivity contribution in [1.82, 2.24) is 10.5 Å². The highest BCUT2D eigenvalue weighted by Crippen LogP contribution is 2.23. The molecule has 0 bridgehead atoms. The number of hydrogen-bond acceptors (Lipinski definition) is 5. The average Bonchev–Trinajstić information content (AvgIpc) is 3.27. The maximum Gasteiger partial charge on any atom is 0.261 e. The van der Waals surface area contributed by atoms with Crippen LogP contribution in [0.3, 0.4) is 0 Å². The van der Waals surface area contributed by atoms with Gasteiger partial charge in [0, 0.05) is 23.7 Å². The monoisotopic (exact) mass is 503 g/mol. The fraction of sp³-hybridized carbons (Fsp3) is 0.179. The Labute approximate surface area is 209 Å². The summed E-state index contributed by atoms with van der Waals surface area (Å²) in [4.78, 5) is 0.231. The summed E-state index contributed by atoms with van der Waals surface area (Å²) in [7, 11) is -3.70. The van der Waals surface area contributed by atoms with Crippen LogP contribution in [0.1, 0.15) is 24.1 Å². The second-order valence-corrected chi connectivity index (χ2v) is 10.4. The summed E-state index contributed by atoms with van der Waals surface area (Å²) in [5.41, 5.74) is 2.82. The zero-order valence-corrected chi connectivity index (χ0v) is 20.4. The predicted molar refractivity (Wildman–Crippen MR) is 140 cm³/mol. The van der Waals surface area contributed by atoms with E-state index in [0.29, 0.717) is 17.8 Å². The van der Waals surface area contributed by atoms with Gasteiger partial charge in [-0.3, -0.25) is 4.72 Å². The van der Waals surface area contributed by atoms with Gasteiger partial charge in [-0.2, -0.15) is 0 Å². The van der Waals surface area contributed by atoms with Crippen LogP contribution < -0.4 is 10.0 Å². The molecule has 0 radical (unpaired) electrons. The van der Waals surface area contributed by atoms with E-state index >= 15 is 0 Å². The van der Waals surface area contributed by atoms with Crippen LogP contribution in [0, 0.1) is 5.82 Å². The zero-order valence-electron chi connectivity index (χ0n) is 19.6. The molecule has 0 aliphatic rings. The van der Waals surface area contributed by atoms with Crippen molar-refractivity contribution in [3.63, 3.8) is 0 Å². The minimum absolute atomic E-state index is 0.231. The summed E-state index contributed by atoms with van der Waals surface area (Å²) in [5, 5.41) is 10.2. The van der Waals surface area contributed by atoms with Crippen LogP contribution in [0.15, 0.2) is 94.3 Å². The summed E-state index contributed by atoms with van der Waals surface area (Å²) in [6.45, 7) is 1.43. The van der Waals surface area contributed by atoms with Gasteiger partial charge < -0.3 is 9.84 Å². The number of nitrogens with one attached hydrogen (secondary N) is 2. The van der Waals surface area contributed by atoms with Gasteiger partial charge in [-0.25, -0.2) is 12.8 Å². The summed E-state index contributed by atoms with van der Waals surface area (Å²) >= 11 is 0. The first-order valence-corrected chi connectivity index (χ1v) is 13.3. The van der Waals surface area contributed by atoms with E-state index in [1.807, 2.05) is 48.5 Å². The van der Waals surface area contributed by atoms with Crippen molar-refractivity contribution in [3.8, 4) is 0 Å². The number of unbranched alkanes of at least 4 members (excludes halogenated alkanes) is 1. The zero-order chi connectivity index (χ0) is 25.0. The molecule has 0 atom stereocenters. The Hall–Kier alpha value is -3.75. The van der Waals surface area contributed by atoms with Crippen molar-refractivity contribution >= 4 is 37.5 Å². The van der Waals surface area contributed by atoms with Crippen LogP contribution in [0.2, 0.25) is 0 Å². The minimum Gasteiger partial charge on any atom is -0.356 e. The molecule has 0 aliphatic carbocycles. The summed E-state index contributed by atoms with van der Waals surface area (Å²) in [6.07, 6.45) is 2.60. The van der Waals surface area contributed by atoms with E-state index in [4.69, 9.17) is 4.52 Å². The van der Waals surface area contributed by atoms with E-state index in [9.17, 15) is 12.8 Å². The van der Waals surface area contributed by atoms with E-state index < -0.39 is 10.0 Å². The summed E-state index contributed by atoms with van der Waals surface area (Å²) < 4.78 is 47.0. The molecule has 0 unspecified atom stereocenters. The first-order chi connectivity index (χ1) is 17.5. The molecule has 5 rings (SSSR count). The molecule has 0 amide bonds. The first-order valence-electron chi connectivity index (χ1n) is 11.8. The molecule has 36 heavy (non-hydrogen) atoms. The Balaban J connectivity index is 1.12. The van der Waals surface area contributed by atoms with Gasteiger partial charge in [0.1, 0.15) is 5.82 Å². The molecule has 0 fully saturated rings. The normalized spacial score (nSPS) is 11.8. The number of aromatic nitrogens is 1. The minimum atomic E-state index is -3.70. The van der Waals surface area contributed by atoms with E-state index in [0.717, 1.165) is 53.2 Å². The number of sulfonamides is 1. The maximum atomic E-state index is 13.3. The van der Waals surface area contributed by atoms with Crippen molar-refractivity contribution < 1.29 is 17.3 Å². The van der Waals surface area contributed by atoms with Crippen molar-refractivity contribution in [2.24, 2.45) is 0 Å². The number of benzene rings is 4. The van der Waals surface area contributed by atoms with E-state index in [2.05, 4.69) is 15.2 Å². The molecule has 5 aromatic rings. The molecule has 0 aliphatic heterocycles. The molecule has 0 saturated carbocycles. The van der Waals surface area contributed by atoms with Gasteiger partial charge in [-0.05, 0) is 78.5 Å². The molecule has 6 nitrogen and oxygen atoms in total. The van der Waals surface area contributed by atoms with E-state index in [-0.39, 0.29) is 10.7 Å². The third-order valence-electron chi connectivity index (χ3n) is 6.07. The lowest BCUT2D eigenvalue weighted by atomic mass is 10.1. The van der Waals surface area contributed by atoms with Gasteiger partial charge in [0.25, 0.3) is 10.0 Å². The van der Waals surface area contributed by atoms with Gasteiger partial charge in [0.2, 0.25) is 0 Å². The Morgan fingerprint density at radius 2 is 1.72 bits per heavy atom. The summed E-state index contributed by atoms with van der Waals surface area (Å²) in [6, 6.07) is 24.6. The predicted octanol–water partition coefficient (Wildman–Crippen LogP) is 6.03. The quantitative estimate of drug-likeness (QED) is 0.227. The van der Waals surface area contributed by atoms with Crippen molar-refractivity contribution in [2.45, 2.75) is 30.7 Å². The van der Waals surface area contributed by atoms with Crippen LogP contribution in [0.25, 0.3) is 21.7 Å². The highest BCUT2D eigenvalue weighted by atomic mass is 32.2. The topological polar surface area (TPSA) is 84.2 Å². The lowest BCUT2D eigenvalue weighted by molar-refractivity contribution is 0.442. The van der Waals surface area contributed by atoms with Crippen molar-refractivity contribution in [2.75, 3.05) is 11.3 Å². The third-order valence-corrected chi connectivity index (χ3v) is 7.44. The molecule has 2 N–H and O–H groups in total. The largest absolute Gasteiger partial charge is 0.356 e. The SMILES string of the molecule is O=S(=O)(Nc1cccc(CNCCCCc2noc3cc(F)ccc23)c1)c1ccc2ccccc2c1. The second-order valence-electron chi connectivity index (χ2n) is 8.72. The average molecular weight is 504 g/mol. The van der Waals surface area contributed by atoms with E-state index in [1.54, 1.807) is 24.3 Å². The number of anilines is 1. The molecule has 8 heteroatoms. The molecule has 0 saturated heterocycles. The number of rotatable bonds is 10. The fourth-order valence-corrected chi connectivity index (χ4v) is 5.30.